The summed E-state index contributed by atoms with van der Waals surface area (Å²) in [4.78, 5) is 38.9. The molecule has 1 aromatic carbocycles. The number of nitro benzene ring substituents is 1. The van der Waals surface area contributed by atoms with Crippen LogP contribution in [-0.4, -0.2) is 59.8 Å². The van der Waals surface area contributed by atoms with Gasteiger partial charge in [-0.1, -0.05) is 12.1 Å². The van der Waals surface area contributed by atoms with Gasteiger partial charge >= 0.3 is 0 Å². The highest BCUT2D eigenvalue weighted by Gasteiger charge is 2.48. The first-order chi connectivity index (χ1) is 12.5. The molecule has 4 rings (SSSR count). The second-order valence-corrected chi connectivity index (χ2v) is 6.68. The molecule has 3 aliphatic heterocycles. The second kappa shape index (κ2) is 6.42. The molecular weight excluding hydrogens is 342 g/mol. The minimum absolute atomic E-state index is 0.0274. The second-order valence-electron chi connectivity index (χ2n) is 6.68. The lowest BCUT2D eigenvalue weighted by Gasteiger charge is -2.39. The Kier molecular flexibility index (Phi) is 4.22. The van der Waals surface area contributed by atoms with Crippen LogP contribution >= 0.6 is 0 Å². The molecule has 1 spiro atoms. The van der Waals surface area contributed by atoms with Crippen LogP contribution < -0.4 is 4.90 Å². The van der Waals surface area contributed by atoms with E-state index >= 15 is 0 Å². The Morgan fingerprint density at radius 2 is 1.77 bits per heavy atom. The first kappa shape index (κ1) is 17.1. The summed E-state index contributed by atoms with van der Waals surface area (Å²) in [6.07, 6.45) is 1.30. The fraction of sp³-hybridized carbons (Fsp3) is 0.529. The highest BCUT2D eigenvalue weighted by Crippen LogP contribution is 2.36. The summed E-state index contributed by atoms with van der Waals surface area (Å²) in [6, 6.07) is 5.22. The van der Waals surface area contributed by atoms with E-state index in [2.05, 4.69) is 0 Å². The molecule has 2 amide bonds. The van der Waals surface area contributed by atoms with Gasteiger partial charge in [-0.3, -0.25) is 24.6 Å². The predicted molar refractivity (Wildman–Crippen MR) is 89.4 cm³/mol. The number of piperidine rings is 1. The number of amides is 2. The van der Waals surface area contributed by atoms with Crippen LogP contribution in [0.4, 0.5) is 11.4 Å². The van der Waals surface area contributed by atoms with Crippen molar-refractivity contribution in [3.63, 3.8) is 0 Å². The average molecular weight is 361 g/mol. The molecule has 138 valence electrons. The zero-order chi connectivity index (χ0) is 18.3. The van der Waals surface area contributed by atoms with E-state index in [1.807, 2.05) is 4.90 Å². The summed E-state index contributed by atoms with van der Waals surface area (Å²) < 4.78 is 11.4. The number of hydrogen-bond donors (Lipinski definition) is 0. The van der Waals surface area contributed by atoms with Crippen molar-refractivity contribution in [1.82, 2.24) is 4.90 Å². The van der Waals surface area contributed by atoms with Crippen LogP contribution in [0.25, 0.3) is 0 Å². The molecule has 3 saturated heterocycles. The normalized spacial score (nSPS) is 26.0. The third kappa shape index (κ3) is 2.77. The van der Waals surface area contributed by atoms with E-state index in [-0.39, 0.29) is 17.8 Å². The molecule has 0 radical (unpaired) electrons. The maximum atomic E-state index is 12.9. The van der Waals surface area contributed by atoms with Crippen molar-refractivity contribution in [1.29, 1.82) is 0 Å². The number of benzene rings is 1. The fourth-order valence-corrected chi connectivity index (χ4v) is 3.92. The van der Waals surface area contributed by atoms with Crippen molar-refractivity contribution in [2.24, 2.45) is 0 Å². The third-order valence-corrected chi connectivity index (χ3v) is 5.26. The molecule has 3 heterocycles. The minimum Gasteiger partial charge on any atom is -0.347 e. The number of rotatable bonds is 3. The number of nitro groups is 1. The van der Waals surface area contributed by atoms with Crippen LogP contribution in [0.15, 0.2) is 24.3 Å². The zero-order valence-corrected chi connectivity index (χ0v) is 14.1. The van der Waals surface area contributed by atoms with Crippen molar-refractivity contribution < 1.29 is 24.0 Å². The molecule has 3 fully saturated rings. The van der Waals surface area contributed by atoms with Crippen molar-refractivity contribution >= 4 is 23.2 Å². The van der Waals surface area contributed by atoms with E-state index in [0.717, 1.165) is 4.90 Å². The van der Waals surface area contributed by atoms with Crippen molar-refractivity contribution in [2.75, 3.05) is 31.2 Å². The lowest BCUT2D eigenvalue weighted by atomic mass is 10.0. The van der Waals surface area contributed by atoms with E-state index in [4.69, 9.17) is 9.47 Å². The molecule has 0 aliphatic carbocycles. The predicted octanol–water partition coefficient (Wildman–Crippen LogP) is 1.07. The zero-order valence-electron chi connectivity index (χ0n) is 14.1. The van der Waals surface area contributed by atoms with Gasteiger partial charge < -0.3 is 9.47 Å². The lowest BCUT2D eigenvalue weighted by molar-refractivity contribution is -0.384. The molecular formula is C17H19N3O6. The Hall–Kier alpha value is -2.36. The number of carbonyl (C=O) groups excluding carboxylic acids is 2. The van der Waals surface area contributed by atoms with E-state index in [0.29, 0.717) is 39.1 Å². The van der Waals surface area contributed by atoms with Gasteiger partial charge in [-0.2, -0.15) is 0 Å². The lowest BCUT2D eigenvalue weighted by Crippen LogP contribution is -2.51. The summed E-state index contributed by atoms with van der Waals surface area (Å²) in [6.45, 7) is 2.31. The summed E-state index contributed by atoms with van der Waals surface area (Å²) in [7, 11) is 0. The number of likely N-dealkylation sites (tertiary alicyclic amines) is 1. The number of nitrogens with zero attached hydrogens (tertiary/aromatic N) is 3. The first-order valence-corrected chi connectivity index (χ1v) is 8.63. The molecule has 0 N–H and O–H groups in total. The van der Waals surface area contributed by atoms with Gasteiger partial charge in [0.15, 0.2) is 5.79 Å². The van der Waals surface area contributed by atoms with Crippen LogP contribution in [0.3, 0.4) is 0 Å². The summed E-state index contributed by atoms with van der Waals surface area (Å²) in [5.41, 5.74) is -0.217. The summed E-state index contributed by atoms with van der Waals surface area (Å²) in [5.74, 6) is -1.38. The smallest absolute Gasteiger partial charge is 0.293 e. The molecule has 1 atom stereocenters. The molecule has 26 heavy (non-hydrogen) atoms. The molecule has 1 unspecified atom stereocenters. The van der Waals surface area contributed by atoms with E-state index < -0.39 is 28.6 Å². The van der Waals surface area contributed by atoms with Crippen LogP contribution in [0, 0.1) is 10.1 Å². The highest BCUT2D eigenvalue weighted by atomic mass is 16.7. The van der Waals surface area contributed by atoms with E-state index in [9.17, 15) is 19.7 Å². The standard InChI is InChI=1S/C17H19N3O6/c21-15-11-14(18-7-5-17(6-8-18)25-9-10-26-17)16(22)19(15)12-3-1-2-4-13(12)20(23)24/h1-4,14H,5-11H2. The van der Waals surface area contributed by atoms with Gasteiger partial charge in [0, 0.05) is 32.0 Å². The van der Waals surface area contributed by atoms with E-state index in [1.54, 1.807) is 6.07 Å². The molecule has 3 aliphatic rings. The molecule has 0 saturated carbocycles. The van der Waals surface area contributed by atoms with Gasteiger partial charge in [0.05, 0.1) is 30.6 Å². The number of carbonyl (C=O) groups is 2. The van der Waals surface area contributed by atoms with Crippen LogP contribution in [0.1, 0.15) is 19.3 Å². The maximum absolute atomic E-state index is 12.9. The highest BCUT2D eigenvalue weighted by molar-refractivity contribution is 6.23. The monoisotopic (exact) mass is 361 g/mol. The molecule has 9 heteroatoms. The van der Waals surface area contributed by atoms with Crippen molar-refractivity contribution in [2.45, 2.75) is 31.1 Å². The molecule has 0 aromatic heterocycles. The van der Waals surface area contributed by atoms with Crippen LogP contribution in [0.2, 0.25) is 0 Å². The molecule has 1 aromatic rings. The summed E-state index contributed by atoms with van der Waals surface area (Å²) in [5, 5.41) is 11.2. The van der Waals surface area contributed by atoms with Gasteiger partial charge in [0.1, 0.15) is 5.69 Å². The maximum Gasteiger partial charge on any atom is 0.293 e. The number of imide groups is 1. The van der Waals surface area contributed by atoms with Gasteiger partial charge in [-0.05, 0) is 6.07 Å². The Labute approximate surface area is 149 Å². The van der Waals surface area contributed by atoms with Crippen molar-refractivity contribution in [3.8, 4) is 0 Å². The van der Waals surface area contributed by atoms with Gasteiger partial charge in [0.25, 0.3) is 11.6 Å². The minimum atomic E-state index is -0.596. The quantitative estimate of drug-likeness (QED) is 0.451. The van der Waals surface area contributed by atoms with Gasteiger partial charge in [-0.25, -0.2) is 4.90 Å². The SMILES string of the molecule is O=C1CC(N2CCC3(CC2)OCCO3)C(=O)N1c1ccccc1[N+](=O)[O-]. The first-order valence-electron chi connectivity index (χ1n) is 8.63. The van der Waals surface area contributed by atoms with Gasteiger partial charge in [-0.15, -0.1) is 0 Å². The number of anilines is 1. The van der Waals surface area contributed by atoms with E-state index in [1.165, 1.54) is 18.2 Å². The summed E-state index contributed by atoms with van der Waals surface area (Å²) >= 11 is 0. The Balaban J connectivity index is 1.52. The average Bonchev–Trinajstić information content (AvgIpc) is 3.20. The Bertz CT molecular complexity index is 751. The number of hydrogen-bond acceptors (Lipinski definition) is 7. The topological polar surface area (TPSA) is 102 Å². The van der Waals surface area contributed by atoms with Gasteiger partial charge in [0.2, 0.25) is 5.91 Å². The fourth-order valence-electron chi connectivity index (χ4n) is 3.92. The number of para-hydroxylation sites is 2. The number of ether oxygens (including phenoxy) is 2. The van der Waals surface area contributed by atoms with Crippen LogP contribution in [0.5, 0.6) is 0 Å². The van der Waals surface area contributed by atoms with Crippen LogP contribution in [-0.2, 0) is 19.1 Å². The Morgan fingerprint density at radius 3 is 2.42 bits per heavy atom. The van der Waals surface area contributed by atoms with Crippen molar-refractivity contribution in [3.05, 3.63) is 34.4 Å². The molecule has 9 nitrogen and oxygen atoms in total. The third-order valence-electron chi connectivity index (χ3n) is 5.26. The largest absolute Gasteiger partial charge is 0.347 e. The molecule has 0 bridgehead atoms. The Morgan fingerprint density at radius 1 is 1.12 bits per heavy atom.